The zero-order valence-electron chi connectivity index (χ0n) is 17.2. The summed E-state index contributed by atoms with van der Waals surface area (Å²) in [5.74, 6) is -0.0641. The summed E-state index contributed by atoms with van der Waals surface area (Å²) in [6, 6.07) is 15.2. The van der Waals surface area contributed by atoms with Crippen LogP contribution in [0.4, 0.5) is 0 Å². The van der Waals surface area contributed by atoms with Crippen LogP contribution >= 0.6 is 12.2 Å². The van der Waals surface area contributed by atoms with Gasteiger partial charge in [0.25, 0.3) is 0 Å². The number of nitrogens with one attached hydrogen (secondary N) is 1. The lowest BCUT2D eigenvalue weighted by atomic mass is 10.0. The van der Waals surface area contributed by atoms with Gasteiger partial charge in [0.1, 0.15) is 17.6 Å². The van der Waals surface area contributed by atoms with Gasteiger partial charge in [-0.1, -0.05) is 18.2 Å². The lowest BCUT2D eigenvalue weighted by Crippen LogP contribution is -2.31. The summed E-state index contributed by atoms with van der Waals surface area (Å²) >= 11 is 5.56. The normalized spacial score (nSPS) is 17.8. The third kappa shape index (κ3) is 4.33. The molecule has 0 radical (unpaired) electrons. The summed E-state index contributed by atoms with van der Waals surface area (Å²) in [5.41, 5.74) is 1.75. The molecule has 2 atom stereocenters. The maximum Gasteiger partial charge on any atom is 0.335 e. The quantitative estimate of drug-likeness (QED) is 0.412. The number of carbonyl (C=O) groups is 2. The van der Waals surface area contributed by atoms with Gasteiger partial charge in [-0.3, -0.25) is 9.78 Å². The number of aromatic carboxylic acids is 1. The van der Waals surface area contributed by atoms with E-state index in [2.05, 4.69) is 10.3 Å². The molecule has 0 saturated carbocycles. The number of esters is 1. The molecule has 2 N–H and O–H groups in total. The molecule has 1 saturated heterocycles. The molecule has 0 bridgehead atoms. The molecule has 3 heterocycles. The number of rotatable bonds is 7. The van der Waals surface area contributed by atoms with Crippen LogP contribution in [0.25, 0.3) is 11.3 Å². The van der Waals surface area contributed by atoms with Crippen molar-refractivity contribution in [3.63, 3.8) is 0 Å². The molecule has 164 valence electrons. The van der Waals surface area contributed by atoms with Crippen LogP contribution in [0.2, 0.25) is 0 Å². The average Bonchev–Trinajstić information content (AvgIpc) is 3.42. The molecule has 1 aromatic carbocycles. The lowest BCUT2D eigenvalue weighted by molar-refractivity contribution is -0.140. The summed E-state index contributed by atoms with van der Waals surface area (Å²) in [5, 5.41) is 12.9. The molecule has 0 unspecified atom stereocenters. The maximum absolute atomic E-state index is 11.7. The van der Waals surface area contributed by atoms with Crippen molar-refractivity contribution in [2.45, 2.75) is 18.5 Å². The highest BCUT2D eigenvalue weighted by molar-refractivity contribution is 7.80. The molecule has 4 rings (SSSR count). The van der Waals surface area contributed by atoms with Gasteiger partial charge in [0.2, 0.25) is 0 Å². The molecule has 1 aliphatic heterocycles. The number of aromatic nitrogens is 1. The van der Waals surface area contributed by atoms with Gasteiger partial charge in [-0.2, -0.15) is 0 Å². The first kappa shape index (κ1) is 21.5. The van der Waals surface area contributed by atoms with Crippen molar-refractivity contribution in [2.75, 3.05) is 13.7 Å². The number of carboxylic acids is 1. The van der Waals surface area contributed by atoms with Crippen LogP contribution in [0.5, 0.6) is 0 Å². The molecule has 2 aromatic heterocycles. The summed E-state index contributed by atoms with van der Waals surface area (Å²) < 4.78 is 11.0. The van der Waals surface area contributed by atoms with Gasteiger partial charge in [0.15, 0.2) is 5.11 Å². The van der Waals surface area contributed by atoms with E-state index in [1.54, 1.807) is 18.3 Å². The van der Waals surface area contributed by atoms with Gasteiger partial charge in [-0.05, 0) is 48.6 Å². The lowest BCUT2D eigenvalue weighted by Gasteiger charge is -2.25. The number of hydrogen-bond donors (Lipinski definition) is 2. The Kier molecular flexibility index (Phi) is 6.18. The van der Waals surface area contributed by atoms with Crippen molar-refractivity contribution in [2.24, 2.45) is 0 Å². The Morgan fingerprint density at radius 2 is 1.97 bits per heavy atom. The molecule has 1 fully saturated rings. The van der Waals surface area contributed by atoms with Gasteiger partial charge < -0.3 is 24.5 Å². The van der Waals surface area contributed by atoms with E-state index >= 15 is 0 Å². The van der Waals surface area contributed by atoms with E-state index in [-0.39, 0.29) is 30.0 Å². The molecule has 3 aromatic rings. The fourth-order valence-corrected chi connectivity index (χ4v) is 4.04. The van der Waals surface area contributed by atoms with Crippen LogP contribution in [0, 0.1) is 0 Å². The Balaban J connectivity index is 1.67. The Morgan fingerprint density at radius 1 is 1.19 bits per heavy atom. The number of carbonyl (C=O) groups excluding carboxylic acids is 1. The van der Waals surface area contributed by atoms with E-state index < -0.39 is 5.97 Å². The Morgan fingerprint density at radius 3 is 2.62 bits per heavy atom. The van der Waals surface area contributed by atoms with Crippen LogP contribution in [0.15, 0.2) is 65.2 Å². The number of benzene rings is 1. The highest BCUT2D eigenvalue weighted by atomic mass is 32.1. The summed E-state index contributed by atoms with van der Waals surface area (Å²) in [4.78, 5) is 29.2. The fraction of sp³-hybridized carbons (Fsp3) is 0.217. The SMILES string of the molecule is COC(=O)CCN1C(=S)N[C@@H](c2ccccn2)[C@H]1c1ccc(-c2ccc(C(=O)O)cc2)o1. The Labute approximate surface area is 189 Å². The van der Waals surface area contributed by atoms with E-state index in [9.17, 15) is 9.59 Å². The second kappa shape index (κ2) is 9.19. The van der Waals surface area contributed by atoms with E-state index in [0.29, 0.717) is 23.2 Å². The molecular formula is C23H21N3O5S. The fourth-order valence-electron chi connectivity index (χ4n) is 3.71. The molecule has 0 spiro atoms. The van der Waals surface area contributed by atoms with Crippen molar-refractivity contribution >= 4 is 29.3 Å². The van der Waals surface area contributed by atoms with Crippen molar-refractivity contribution in [3.8, 4) is 11.3 Å². The zero-order chi connectivity index (χ0) is 22.7. The van der Waals surface area contributed by atoms with Crippen molar-refractivity contribution in [1.82, 2.24) is 15.2 Å². The van der Waals surface area contributed by atoms with Crippen LogP contribution in [0.1, 0.15) is 40.3 Å². The van der Waals surface area contributed by atoms with Crippen molar-refractivity contribution in [3.05, 3.63) is 77.8 Å². The number of furan rings is 1. The van der Waals surface area contributed by atoms with Gasteiger partial charge in [-0.15, -0.1) is 0 Å². The predicted octanol–water partition coefficient (Wildman–Crippen LogP) is 3.58. The Bertz CT molecular complexity index is 1130. The van der Waals surface area contributed by atoms with Gasteiger partial charge in [-0.25, -0.2) is 4.79 Å². The molecule has 0 amide bonds. The largest absolute Gasteiger partial charge is 0.478 e. The highest BCUT2D eigenvalue weighted by Gasteiger charge is 2.41. The van der Waals surface area contributed by atoms with Gasteiger partial charge in [0.05, 0.1) is 30.8 Å². The molecule has 0 aliphatic carbocycles. The predicted molar refractivity (Wildman–Crippen MR) is 120 cm³/mol. The molecular weight excluding hydrogens is 430 g/mol. The summed E-state index contributed by atoms with van der Waals surface area (Å²) in [7, 11) is 1.35. The standard InChI is InChI=1S/C23H21N3O5S/c1-30-19(27)11-13-26-21(20(25-23(26)32)16-4-2-3-12-24-16)18-10-9-17(31-18)14-5-7-15(8-6-14)22(28)29/h2-10,12,20-21H,11,13H2,1H3,(H,25,32)(H,28,29)/t20-,21+/m0/s1. The van der Waals surface area contributed by atoms with Crippen molar-refractivity contribution in [1.29, 1.82) is 0 Å². The summed E-state index contributed by atoms with van der Waals surface area (Å²) in [6.07, 6.45) is 1.89. The van der Waals surface area contributed by atoms with E-state index in [1.807, 2.05) is 35.2 Å². The van der Waals surface area contributed by atoms with Crippen LogP contribution < -0.4 is 5.32 Å². The Hall–Kier alpha value is -3.72. The van der Waals surface area contributed by atoms with E-state index in [0.717, 1.165) is 11.3 Å². The maximum atomic E-state index is 11.7. The molecule has 9 heteroatoms. The van der Waals surface area contributed by atoms with Gasteiger partial charge >= 0.3 is 11.9 Å². The number of ether oxygens (including phenoxy) is 1. The first-order valence-corrected chi connectivity index (χ1v) is 10.4. The molecule has 8 nitrogen and oxygen atoms in total. The highest BCUT2D eigenvalue weighted by Crippen LogP contribution is 2.40. The zero-order valence-corrected chi connectivity index (χ0v) is 18.0. The van der Waals surface area contributed by atoms with Crippen molar-refractivity contribution < 1.29 is 23.8 Å². The minimum absolute atomic E-state index is 0.175. The molecule has 32 heavy (non-hydrogen) atoms. The average molecular weight is 452 g/mol. The number of carboxylic acid groups (broad SMARTS) is 1. The first-order chi connectivity index (χ1) is 15.5. The number of nitrogens with zero attached hydrogens (tertiary/aromatic N) is 2. The number of methoxy groups -OCH3 is 1. The number of pyridine rings is 1. The smallest absolute Gasteiger partial charge is 0.335 e. The molecule has 1 aliphatic rings. The number of hydrogen-bond acceptors (Lipinski definition) is 6. The second-order valence-electron chi connectivity index (χ2n) is 7.23. The van der Waals surface area contributed by atoms with Crippen LogP contribution in [-0.4, -0.2) is 45.7 Å². The monoisotopic (exact) mass is 451 g/mol. The van der Waals surface area contributed by atoms with Gasteiger partial charge in [0, 0.05) is 18.3 Å². The number of thiocarbonyl (C=S) groups is 1. The van der Waals surface area contributed by atoms with E-state index in [1.165, 1.54) is 19.2 Å². The summed E-state index contributed by atoms with van der Waals surface area (Å²) in [6.45, 7) is 0.357. The third-order valence-corrected chi connectivity index (χ3v) is 5.67. The topological polar surface area (TPSA) is 105 Å². The van der Waals surface area contributed by atoms with E-state index in [4.69, 9.17) is 26.5 Å². The minimum Gasteiger partial charge on any atom is -0.478 e. The van der Waals surface area contributed by atoms with Crippen LogP contribution in [-0.2, 0) is 9.53 Å². The second-order valence-corrected chi connectivity index (χ2v) is 7.62. The van der Waals surface area contributed by atoms with Crippen LogP contribution in [0.3, 0.4) is 0 Å². The third-order valence-electron chi connectivity index (χ3n) is 5.32. The first-order valence-electron chi connectivity index (χ1n) is 9.96. The minimum atomic E-state index is -0.985.